The Hall–Kier alpha value is -0.730. The Kier molecular flexibility index (Phi) is 6.00. The fourth-order valence-corrected chi connectivity index (χ4v) is 1.73. The molecule has 1 rings (SSSR count). The van der Waals surface area contributed by atoms with Crippen LogP contribution >= 0.6 is 23.2 Å². The van der Waals surface area contributed by atoms with Crippen molar-refractivity contribution < 1.29 is 22.6 Å². The van der Waals surface area contributed by atoms with Gasteiger partial charge in [0.05, 0.1) is 10.7 Å². The van der Waals surface area contributed by atoms with Gasteiger partial charge in [0.1, 0.15) is 0 Å². The van der Waals surface area contributed by atoms with Gasteiger partial charge in [0.15, 0.2) is 5.75 Å². The van der Waals surface area contributed by atoms with E-state index in [-0.39, 0.29) is 16.5 Å². The van der Waals surface area contributed by atoms with E-state index >= 15 is 0 Å². The third kappa shape index (κ3) is 5.94. The molecule has 0 saturated heterocycles. The molecule has 98 valence electrons. The summed E-state index contributed by atoms with van der Waals surface area (Å²) in [6.45, 7) is 1.91. The zero-order valence-corrected chi connectivity index (χ0v) is 11.0. The van der Waals surface area contributed by atoms with Crippen molar-refractivity contribution in [2.24, 2.45) is 0 Å². The van der Waals surface area contributed by atoms with Crippen molar-refractivity contribution >= 4 is 39.3 Å². The molecule has 0 aromatic heterocycles. The quantitative estimate of drug-likeness (QED) is 0.358. The van der Waals surface area contributed by atoms with Gasteiger partial charge in [0, 0.05) is 5.02 Å². The molecule has 0 saturated carbocycles. The number of hydrogen-bond donors (Lipinski definition) is 4. The van der Waals surface area contributed by atoms with E-state index in [0.717, 1.165) is 5.56 Å². The van der Waals surface area contributed by atoms with Crippen molar-refractivity contribution in [1.82, 2.24) is 0 Å². The molecule has 0 fully saturated rings. The smallest absolute Gasteiger partial charge is 0.394 e. The van der Waals surface area contributed by atoms with Gasteiger partial charge in [-0.25, -0.2) is 0 Å². The molecule has 0 radical (unpaired) electrons. The topological polar surface area (TPSA) is 121 Å². The van der Waals surface area contributed by atoms with Crippen molar-refractivity contribution in [3.05, 3.63) is 21.7 Å². The molecule has 0 aliphatic rings. The van der Waals surface area contributed by atoms with Gasteiger partial charge < -0.3 is 10.8 Å². The maximum atomic E-state index is 9.33. The van der Waals surface area contributed by atoms with Gasteiger partial charge in [0.25, 0.3) is 0 Å². The fourth-order valence-electron chi connectivity index (χ4n) is 0.991. The summed E-state index contributed by atoms with van der Waals surface area (Å²) < 4.78 is 31.6. The number of phenols is 1. The predicted molar refractivity (Wildman–Crippen MR) is 66.1 cm³/mol. The first-order valence-electron chi connectivity index (χ1n) is 4.23. The molecule has 0 heterocycles. The molecule has 0 unspecified atom stereocenters. The lowest BCUT2D eigenvalue weighted by molar-refractivity contribution is 0.381. The number of benzene rings is 1. The molecule has 9 heteroatoms. The summed E-state index contributed by atoms with van der Waals surface area (Å²) in [6.07, 6.45) is 0.672. The van der Waals surface area contributed by atoms with Crippen LogP contribution in [0.15, 0.2) is 6.07 Å². The molecule has 6 nitrogen and oxygen atoms in total. The second-order valence-electron chi connectivity index (χ2n) is 2.89. The van der Waals surface area contributed by atoms with Crippen LogP contribution in [-0.4, -0.2) is 22.6 Å². The van der Waals surface area contributed by atoms with Crippen LogP contribution in [0.3, 0.4) is 0 Å². The van der Waals surface area contributed by atoms with Gasteiger partial charge in [-0.1, -0.05) is 30.1 Å². The number of hydrogen-bond acceptors (Lipinski definition) is 4. The normalized spacial score (nSPS) is 10.6. The summed E-state index contributed by atoms with van der Waals surface area (Å²) in [4.78, 5) is 0. The highest BCUT2D eigenvalue weighted by Crippen LogP contribution is 2.37. The minimum Gasteiger partial charge on any atom is -0.504 e. The lowest BCUT2D eigenvalue weighted by Crippen LogP contribution is -1.91. The highest BCUT2D eigenvalue weighted by molar-refractivity contribution is 7.79. The molecule has 1 aromatic rings. The van der Waals surface area contributed by atoms with Gasteiger partial charge in [-0.3, -0.25) is 9.11 Å². The maximum absolute atomic E-state index is 9.33. The van der Waals surface area contributed by atoms with Gasteiger partial charge in [-0.15, -0.1) is 0 Å². The maximum Gasteiger partial charge on any atom is 0.394 e. The largest absolute Gasteiger partial charge is 0.504 e. The predicted octanol–water partition coefficient (Wildman–Crippen LogP) is 2.19. The molecule has 1 aromatic carbocycles. The van der Waals surface area contributed by atoms with Gasteiger partial charge >= 0.3 is 10.4 Å². The molecule has 0 amide bonds. The Morgan fingerprint density at radius 1 is 1.35 bits per heavy atom. The second-order valence-corrected chi connectivity index (χ2v) is 4.57. The molecule has 5 N–H and O–H groups in total. The van der Waals surface area contributed by atoms with Crippen molar-refractivity contribution in [3.8, 4) is 5.75 Å². The Labute approximate surface area is 109 Å². The Morgan fingerprint density at radius 3 is 2.12 bits per heavy atom. The Bertz CT molecular complexity index is 495. The average Bonchev–Trinajstić information content (AvgIpc) is 2.12. The first kappa shape index (κ1) is 16.3. The third-order valence-electron chi connectivity index (χ3n) is 1.67. The van der Waals surface area contributed by atoms with Crippen molar-refractivity contribution in [2.75, 3.05) is 5.73 Å². The highest BCUT2D eigenvalue weighted by atomic mass is 35.5. The van der Waals surface area contributed by atoms with E-state index in [2.05, 4.69) is 0 Å². The lowest BCUT2D eigenvalue weighted by Gasteiger charge is -2.08. The standard InChI is InChI=1S/C8H9Cl2NO.H2O4S/c1-2-4-5(9)3-6(11)8(12)7(4)10;1-5(2,3)4/h3,12H,2,11H2,1H3;(H2,1,2,3,4). The zero-order valence-electron chi connectivity index (χ0n) is 8.68. The van der Waals surface area contributed by atoms with Gasteiger partial charge in [-0.2, -0.15) is 8.42 Å². The Morgan fingerprint density at radius 2 is 1.76 bits per heavy atom. The molecule has 17 heavy (non-hydrogen) atoms. The summed E-state index contributed by atoms with van der Waals surface area (Å²) in [5.74, 6) is -0.0853. The van der Waals surface area contributed by atoms with E-state index in [1.54, 1.807) is 0 Å². The summed E-state index contributed by atoms with van der Waals surface area (Å²) in [6, 6.07) is 1.50. The molecular weight excluding hydrogens is 293 g/mol. The van der Waals surface area contributed by atoms with E-state index in [9.17, 15) is 5.11 Å². The average molecular weight is 304 g/mol. The van der Waals surface area contributed by atoms with Crippen LogP contribution in [0, 0.1) is 0 Å². The van der Waals surface area contributed by atoms with Crippen LogP contribution in [0.1, 0.15) is 12.5 Å². The van der Waals surface area contributed by atoms with Crippen LogP contribution in [0.25, 0.3) is 0 Å². The van der Waals surface area contributed by atoms with Crippen molar-refractivity contribution in [2.45, 2.75) is 13.3 Å². The van der Waals surface area contributed by atoms with Crippen molar-refractivity contribution in [1.29, 1.82) is 0 Å². The molecule has 0 spiro atoms. The van der Waals surface area contributed by atoms with Gasteiger partial charge in [0.2, 0.25) is 0 Å². The fraction of sp³-hybridized carbons (Fsp3) is 0.250. The van der Waals surface area contributed by atoms with Crippen LogP contribution in [0.2, 0.25) is 10.0 Å². The number of aromatic hydroxyl groups is 1. The summed E-state index contributed by atoms with van der Waals surface area (Å²) in [7, 11) is -4.67. The molecule has 0 aliphatic carbocycles. The number of nitrogens with two attached hydrogens (primary N) is 1. The van der Waals surface area contributed by atoms with E-state index < -0.39 is 10.4 Å². The number of halogens is 2. The van der Waals surface area contributed by atoms with E-state index in [4.69, 9.17) is 46.5 Å². The zero-order chi connectivity index (χ0) is 13.8. The number of nitrogen functional groups attached to an aromatic ring is 1. The summed E-state index contributed by atoms with van der Waals surface area (Å²) >= 11 is 11.6. The minimum absolute atomic E-state index is 0.0853. The second kappa shape index (κ2) is 6.27. The number of phenolic OH excluding ortho intramolecular Hbond substituents is 1. The highest BCUT2D eigenvalue weighted by Gasteiger charge is 2.11. The van der Waals surface area contributed by atoms with E-state index in [0.29, 0.717) is 11.4 Å². The van der Waals surface area contributed by atoms with Crippen LogP contribution in [-0.2, 0) is 16.8 Å². The third-order valence-corrected chi connectivity index (χ3v) is 2.41. The SMILES string of the molecule is CCc1c(Cl)cc(N)c(O)c1Cl.O=S(=O)(O)O. The van der Waals surface area contributed by atoms with Crippen LogP contribution < -0.4 is 5.73 Å². The monoisotopic (exact) mass is 303 g/mol. The summed E-state index contributed by atoms with van der Waals surface area (Å²) in [5.41, 5.74) is 6.36. The first-order chi connectivity index (χ1) is 7.57. The van der Waals surface area contributed by atoms with Crippen LogP contribution in [0.5, 0.6) is 5.75 Å². The number of anilines is 1. The summed E-state index contributed by atoms with van der Waals surface area (Å²) in [5, 5.41) is 10.1. The molecule has 0 atom stereocenters. The van der Waals surface area contributed by atoms with Gasteiger partial charge in [-0.05, 0) is 18.1 Å². The Balaban J connectivity index is 0.000000437. The first-order valence-corrected chi connectivity index (χ1v) is 6.38. The van der Waals surface area contributed by atoms with E-state index in [1.807, 2.05) is 6.92 Å². The number of rotatable bonds is 1. The minimum atomic E-state index is -4.67. The molecule has 0 aliphatic heterocycles. The van der Waals surface area contributed by atoms with Crippen LogP contribution in [0.4, 0.5) is 5.69 Å². The lowest BCUT2D eigenvalue weighted by atomic mass is 10.1. The van der Waals surface area contributed by atoms with Crippen molar-refractivity contribution in [3.63, 3.8) is 0 Å². The molecule has 0 bridgehead atoms. The molecular formula is C8H11Cl2NO5S. The van der Waals surface area contributed by atoms with E-state index in [1.165, 1.54) is 6.07 Å².